The van der Waals surface area contributed by atoms with Crippen LogP contribution in [0.25, 0.3) is 0 Å². The Bertz CT molecular complexity index is 671. The van der Waals surface area contributed by atoms with Gasteiger partial charge in [0.2, 0.25) is 0 Å². The van der Waals surface area contributed by atoms with Crippen molar-refractivity contribution in [2.45, 2.75) is 44.1 Å². The van der Waals surface area contributed by atoms with Gasteiger partial charge in [-0.15, -0.1) is 0 Å². The molecule has 23 heavy (non-hydrogen) atoms. The molecule has 0 unspecified atom stereocenters. The van der Waals surface area contributed by atoms with E-state index in [4.69, 9.17) is 9.47 Å². The van der Waals surface area contributed by atoms with Crippen molar-refractivity contribution >= 4 is 5.97 Å². The zero-order chi connectivity index (χ0) is 15.6. The average molecular weight is 308 g/mol. The lowest BCUT2D eigenvalue weighted by Gasteiger charge is -2.29. The Hall–Kier alpha value is -2.29. The summed E-state index contributed by atoms with van der Waals surface area (Å²) in [5.41, 5.74) is 1.79. The number of rotatable bonds is 2. The van der Waals surface area contributed by atoms with Crippen LogP contribution >= 0.6 is 0 Å². The van der Waals surface area contributed by atoms with Gasteiger partial charge in [0.1, 0.15) is 23.5 Å². The summed E-state index contributed by atoms with van der Waals surface area (Å²) in [5, 5.41) is 0. The Balaban J connectivity index is 1.67. The fraction of sp³-hybridized carbons (Fsp3) is 0.350. The van der Waals surface area contributed by atoms with Gasteiger partial charge in [0.25, 0.3) is 0 Å². The van der Waals surface area contributed by atoms with Gasteiger partial charge in [-0.1, -0.05) is 42.8 Å². The highest BCUT2D eigenvalue weighted by atomic mass is 16.5. The lowest BCUT2D eigenvalue weighted by atomic mass is 9.88. The van der Waals surface area contributed by atoms with Gasteiger partial charge in [0, 0.05) is 11.1 Å². The van der Waals surface area contributed by atoms with E-state index in [0.717, 1.165) is 48.3 Å². The Kier molecular flexibility index (Phi) is 3.78. The van der Waals surface area contributed by atoms with Gasteiger partial charge >= 0.3 is 5.97 Å². The number of carbonyl (C=O) groups is 1. The third kappa shape index (κ3) is 2.72. The second-order valence-electron chi connectivity index (χ2n) is 6.31. The second kappa shape index (κ2) is 6.07. The van der Waals surface area contributed by atoms with E-state index < -0.39 is 5.92 Å². The van der Waals surface area contributed by atoms with Crippen molar-refractivity contribution in [1.82, 2.24) is 0 Å². The van der Waals surface area contributed by atoms with Crippen molar-refractivity contribution in [2.24, 2.45) is 0 Å². The van der Waals surface area contributed by atoms with Gasteiger partial charge in [-0.2, -0.15) is 0 Å². The van der Waals surface area contributed by atoms with E-state index in [-0.39, 0.29) is 12.1 Å². The second-order valence-corrected chi connectivity index (χ2v) is 6.31. The predicted molar refractivity (Wildman–Crippen MR) is 87.8 cm³/mol. The third-order valence-electron chi connectivity index (χ3n) is 4.75. The van der Waals surface area contributed by atoms with Gasteiger partial charge in [0.15, 0.2) is 0 Å². The molecule has 0 atom stereocenters. The monoisotopic (exact) mass is 308 g/mol. The molecule has 2 aromatic carbocycles. The molecule has 2 aliphatic rings. The van der Waals surface area contributed by atoms with Crippen molar-refractivity contribution in [2.75, 3.05) is 0 Å². The number of hydrogen-bond acceptors (Lipinski definition) is 3. The molecule has 3 nitrogen and oxygen atoms in total. The van der Waals surface area contributed by atoms with Crippen LogP contribution in [0.15, 0.2) is 48.5 Å². The Labute approximate surface area is 136 Å². The zero-order valence-electron chi connectivity index (χ0n) is 13.0. The first-order chi connectivity index (χ1) is 11.3. The molecule has 1 aliphatic carbocycles. The Morgan fingerprint density at radius 3 is 2.04 bits per heavy atom. The normalized spacial score (nSPS) is 17.7. The predicted octanol–water partition coefficient (Wildman–Crippen LogP) is 4.80. The van der Waals surface area contributed by atoms with Crippen LogP contribution in [0.3, 0.4) is 0 Å². The minimum absolute atomic E-state index is 0.0680. The van der Waals surface area contributed by atoms with Crippen LogP contribution in [-0.2, 0) is 9.53 Å². The summed E-state index contributed by atoms with van der Waals surface area (Å²) in [4.78, 5) is 12.9. The zero-order valence-corrected chi connectivity index (χ0v) is 13.0. The average Bonchev–Trinajstić information content (AvgIpc) is 2.60. The minimum Gasteiger partial charge on any atom is -0.462 e. The number of carbonyl (C=O) groups excluding carboxylic acids is 1. The molecular weight excluding hydrogens is 288 g/mol. The molecule has 0 amide bonds. The van der Waals surface area contributed by atoms with E-state index in [1.807, 2.05) is 48.5 Å². The highest BCUT2D eigenvalue weighted by molar-refractivity contribution is 5.85. The SMILES string of the molecule is O=C(OC1CCCCC1)C1c2ccccc2Oc2ccccc21. The first-order valence-electron chi connectivity index (χ1n) is 8.39. The number of benzene rings is 2. The van der Waals surface area contributed by atoms with Crippen molar-refractivity contribution in [3.05, 3.63) is 59.7 Å². The van der Waals surface area contributed by atoms with E-state index in [1.165, 1.54) is 6.42 Å². The van der Waals surface area contributed by atoms with Crippen molar-refractivity contribution in [1.29, 1.82) is 0 Å². The maximum Gasteiger partial charge on any atom is 0.318 e. The largest absolute Gasteiger partial charge is 0.462 e. The van der Waals surface area contributed by atoms with Crippen molar-refractivity contribution < 1.29 is 14.3 Å². The highest BCUT2D eigenvalue weighted by Crippen LogP contribution is 2.44. The molecule has 0 N–H and O–H groups in total. The topological polar surface area (TPSA) is 35.5 Å². The minimum atomic E-state index is -0.391. The first kappa shape index (κ1) is 14.3. The molecule has 0 radical (unpaired) electrons. The van der Waals surface area contributed by atoms with Crippen LogP contribution in [0.5, 0.6) is 11.5 Å². The van der Waals surface area contributed by atoms with E-state index in [1.54, 1.807) is 0 Å². The molecule has 1 heterocycles. The number of fused-ring (bicyclic) bond motifs is 2. The molecule has 2 aromatic rings. The smallest absolute Gasteiger partial charge is 0.318 e. The molecule has 1 saturated carbocycles. The summed E-state index contributed by atoms with van der Waals surface area (Å²) >= 11 is 0. The number of hydrogen-bond donors (Lipinski definition) is 0. The van der Waals surface area contributed by atoms with Gasteiger partial charge in [0.05, 0.1) is 0 Å². The molecule has 0 bridgehead atoms. The third-order valence-corrected chi connectivity index (χ3v) is 4.75. The van der Waals surface area contributed by atoms with Crippen LogP contribution in [0.2, 0.25) is 0 Å². The molecule has 3 heteroatoms. The standard InChI is InChI=1S/C20H20O3/c21-20(22-14-8-2-1-3-9-14)19-15-10-4-6-12-17(15)23-18-13-7-5-11-16(18)19/h4-7,10-14,19H,1-3,8-9H2. The van der Waals surface area contributed by atoms with E-state index in [9.17, 15) is 4.79 Å². The molecule has 1 fully saturated rings. The fourth-order valence-electron chi connectivity index (χ4n) is 3.58. The van der Waals surface area contributed by atoms with Crippen LogP contribution < -0.4 is 4.74 Å². The summed E-state index contributed by atoms with van der Waals surface area (Å²) in [5.74, 6) is 0.951. The Morgan fingerprint density at radius 1 is 0.870 bits per heavy atom. The molecule has 1 aliphatic heterocycles. The molecule has 0 spiro atoms. The highest BCUT2D eigenvalue weighted by Gasteiger charge is 2.34. The van der Waals surface area contributed by atoms with Crippen LogP contribution in [0, 0.1) is 0 Å². The summed E-state index contributed by atoms with van der Waals surface area (Å²) in [7, 11) is 0. The van der Waals surface area contributed by atoms with Crippen LogP contribution in [0.1, 0.15) is 49.1 Å². The summed E-state index contributed by atoms with van der Waals surface area (Å²) < 4.78 is 11.8. The van der Waals surface area contributed by atoms with Crippen molar-refractivity contribution in [3.63, 3.8) is 0 Å². The molecule has 0 saturated heterocycles. The molecule has 0 aromatic heterocycles. The fourth-order valence-corrected chi connectivity index (χ4v) is 3.58. The van der Waals surface area contributed by atoms with Gasteiger partial charge in [-0.3, -0.25) is 4.79 Å². The summed E-state index contributed by atoms with van der Waals surface area (Å²) in [6.45, 7) is 0. The first-order valence-corrected chi connectivity index (χ1v) is 8.39. The van der Waals surface area contributed by atoms with E-state index in [0.29, 0.717) is 0 Å². The van der Waals surface area contributed by atoms with Crippen LogP contribution in [-0.4, -0.2) is 12.1 Å². The van der Waals surface area contributed by atoms with E-state index in [2.05, 4.69) is 0 Å². The number of para-hydroxylation sites is 2. The Morgan fingerprint density at radius 2 is 1.43 bits per heavy atom. The maximum absolute atomic E-state index is 12.9. The van der Waals surface area contributed by atoms with E-state index >= 15 is 0 Å². The molecule has 118 valence electrons. The molecule has 4 rings (SSSR count). The molecular formula is C20H20O3. The lowest BCUT2D eigenvalue weighted by Crippen LogP contribution is -2.27. The maximum atomic E-state index is 12.9. The summed E-state index contributed by atoms with van der Waals surface area (Å²) in [6.07, 6.45) is 5.59. The van der Waals surface area contributed by atoms with Gasteiger partial charge < -0.3 is 9.47 Å². The quantitative estimate of drug-likeness (QED) is 0.748. The van der Waals surface area contributed by atoms with Crippen LogP contribution in [0.4, 0.5) is 0 Å². The number of esters is 1. The lowest BCUT2D eigenvalue weighted by molar-refractivity contribution is -0.151. The van der Waals surface area contributed by atoms with Gasteiger partial charge in [-0.05, 0) is 37.8 Å². The van der Waals surface area contributed by atoms with Gasteiger partial charge in [-0.25, -0.2) is 0 Å². The number of ether oxygens (including phenoxy) is 2. The summed E-state index contributed by atoms with van der Waals surface area (Å²) in [6, 6.07) is 15.5. The van der Waals surface area contributed by atoms with Crippen molar-refractivity contribution in [3.8, 4) is 11.5 Å².